The van der Waals surface area contributed by atoms with E-state index in [9.17, 15) is 10.1 Å². The molecule has 6 heteroatoms. The van der Waals surface area contributed by atoms with E-state index in [0.29, 0.717) is 11.6 Å². The topological polar surface area (TPSA) is 77.3 Å². The van der Waals surface area contributed by atoms with Crippen molar-refractivity contribution in [3.8, 4) is 5.75 Å². The van der Waals surface area contributed by atoms with Gasteiger partial charge in [0.2, 0.25) is 5.82 Å². The van der Waals surface area contributed by atoms with Gasteiger partial charge < -0.3 is 20.2 Å². The van der Waals surface area contributed by atoms with Gasteiger partial charge in [0, 0.05) is 23.9 Å². The number of nitro groups is 1. The van der Waals surface area contributed by atoms with Crippen LogP contribution < -0.4 is 10.1 Å². The number of nitrogens with one attached hydrogen (secondary N) is 1. The first-order valence-corrected chi connectivity index (χ1v) is 6.95. The molecule has 22 heavy (non-hydrogen) atoms. The Morgan fingerprint density at radius 1 is 1.18 bits per heavy atom. The molecule has 0 aliphatic carbocycles. The van der Waals surface area contributed by atoms with Gasteiger partial charge in [-0.3, -0.25) is 0 Å². The predicted molar refractivity (Wildman–Crippen MR) is 87.7 cm³/mol. The van der Waals surface area contributed by atoms with Gasteiger partial charge in [-0.2, -0.15) is 0 Å². The highest BCUT2D eigenvalue weighted by Crippen LogP contribution is 2.21. The van der Waals surface area contributed by atoms with Crippen LogP contribution in [0, 0.1) is 16.0 Å². The molecule has 2 aromatic rings. The van der Waals surface area contributed by atoms with Crippen molar-refractivity contribution in [2.75, 3.05) is 12.4 Å². The Hall–Kier alpha value is -2.63. The molecule has 0 spiro atoms. The number of hydrogen-bond donors (Lipinski definition) is 1. The highest BCUT2D eigenvalue weighted by Gasteiger charge is 2.09. The molecule has 0 amide bonds. The van der Waals surface area contributed by atoms with Crippen LogP contribution in [0.15, 0.2) is 42.5 Å². The molecule has 1 aromatic heterocycles. The first kappa shape index (κ1) is 17.4. The zero-order valence-electron chi connectivity index (χ0n) is 13.2. The minimum Gasteiger partial charge on any atom is -0.497 e. The summed E-state index contributed by atoms with van der Waals surface area (Å²) < 4.78 is 5.09. The molecule has 0 saturated carbocycles. The van der Waals surface area contributed by atoms with Crippen molar-refractivity contribution in [3.63, 3.8) is 0 Å². The minimum absolute atomic E-state index is 0.192. The summed E-state index contributed by atoms with van der Waals surface area (Å²) in [5.74, 6) is 1.76. The summed E-state index contributed by atoms with van der Waals surface area (Å²) in [6.07, 6.45) is 0. The van der Waals surface area contributed by atoms with E-state index in [1.165, 1.54) is 6.07 Å². The summed E-state index contributed by atoms with van der Waals surface area (Å²) in [7, 11) is 1.57. The Kier molecular flexibility index (Phi) is 6.82. The standard InChI is InChI=1S/C12H11N3O3.C4H10/c1-18-10-5-2-4-9(8-10)13-11-6-3-7-12(14-11)15(16)17;1-4(2)3/h2-8H,1H3,(H,13,14);4H,1-3H3. The average molecular weight is 303 g/mol. The van der Waals surface area contributed by atoms with Crippen LogP contribution in [0.25, 0.3) is 0 Å². The summed E-state index contributed by atoms with van der Waals surface area (Å²) in [6, 6.07) is 11.8. The molecule has 0 unspecified atom stereocenters. The maximum absolute atomic E-state index is 10.6. The zero-order chi connectivity index (χ0) is 16.5. The number of aromatic nitrogens is 1. The van der Waals surface area contributed by atoms with Gasteiger partial charge in [0.05, 0.1) is 7.11 Å². The lowest BCUT2D eigenvalue weighted by Crippen LogP contribution is -1.97. The number of ether oxygens (including phenoxy) is 1. The van der Waals surface area contributed by atoms with Crippen LogP contribution in [-0.2, 0) is 0 Å². The van der Waals surface area contributed by atoms with Crippen LogP contribution in [0.4, 0.5) is 17.3 Å². The molecule has 6 nitrogen and oxygen atoms in total. The summed E-state index contributed by atoms with van der Waals surface area (Å²) in [5, 5.41) is 13.6. The van der Waals surface area contributed by atoms with Crippen molar-refractivity contribution in [1.82, 2.24) is 4.98 Å². The monoisotopic (exact) mass is 303 g/mol. The number of rotatable bonds is 4. The van der Waals surface area contributed by atoms with Crippen LogP contribution >= 0.6 is 0 Å². The molecule has 2 rings (SSSR count). The molecular formula is C16H21N3O3. The fraction of sp³-hybridized carbons (Fsp3) is 0.312. The first-order valence-electron chi connectivity index (χ1n) is 6.95. The Labute approximate surface area is 130 Å². The molecule has 0 fully saturated rings. The van der Waals surface area contributed by atoms with Crippen molar-refractivity contribution >= 4 is 17.3 Å². The fourth-order valence-corrected chi connectivity index (χ4v) is 1.44. The Balaban J connectivity index is 0.000000541. The van der Waals surface area contributed by atoms with E-state index in [4.69, 9.17) is 4.74 Å². The predicted octanol–water partition coefficient (Wildman–Crippen LogP) is 4.40. The van der Waals surface area contributed by atoms with Crippen LogP contribution in [0.1, 0.15) is 20.8 Å². The van der Waals surface area contributed by atoms with Crippen LogP contribution in [0.3, 0.4) is 0 Å². The summed E-state index contributed by atoms with van der Waals surface area (Å²) in [5.41, 5.74) is 0.752. The van der Waals surface area contributed by atoms with Crippen molar-refractivity contribution in [1.29, 1.82) is 0 Å². The summed E-state index contributed by atoms with van der Waals surface area (Å²) >= 11 is 0. The van der Waals surface area contributed by atoms with Gasteiger partial charge in [0.25, 0.3) is 0 Å². The number of anilines is 2. The number of nitrogens with zero attached hydrogens (tertiary/aromatic N) is 2. The van der Waals surface area contributed by atoms with Crippen LogP contribution in [-0.4, -0.2) is 17.0 Å². The van der Waals surface area contributed by atoms with Crippen molar-refractivity contribution in [3.05, 3.63) is 52.6 Å². The summed E-state index contributed by atoms with van der Waals surface area (Å²) in [6.45, 7) is 6.50. The number of hydrogen-bond acceptors (Lipinski definition) is 5. The quantitative estimate of drug-likeness (QED) is 0.669. The fourth-order valence-electron chi connectivity index (χ4n) is 1.44. The van der Waals surface area contributed by atoms with E-state index >= 15 is 0 Å². The van der Waals surface area contributed by atoms with Gasteiger partial charge >= 0.3 is 5.82 Å². The molecule has 1 heterocycles. The Bertz CT molecular complexity index is 612. The molecule has 0 aliphatic rings. The lowest BCUT2D eigenvalue weighted by Gasteiger charge is -2.04. The summed E-state index contributed by atoms with van der Waals surface area (Å²) in [4.78, 5) is 13.9. The van der Waals surface area contributed by atoms with E-state index < -0.39 is 4.92 Å². The number of pyridine rings is 1. The van der Waals surface area contributed by atoms with Gasteiger partial charge in [-0.05, 0) is 34.0 Å². The smallest absolute Gasteiger partial charge is 0.365 e. The number of methoxy groups -OCH3 is 1. The normalized spacial score (nSPS) is 9.68. The van der Waals surface area contributed by atoms with E-state index in [0.717, 1.165) is 11.6 Å². The van der Waals surface area contributed by atoms with E-state index in [1.807, 2.05) is 18.2 Å². The maximum Gasteiger partial charge on any atom is 0.365 e. The average Bonchev–Trinajstić information content (AvgIpc) is 2.47. The molecule has 0 radical (unpaired) electrons. The highest BCUT2D eigenvalue weighted by atomic mass is 16.6. The third-order valence-corrected chi connectivity index (χ3v) is 2.26. The molecule has 0 saturated heterocycles. The highest BCUT2D eigenvalue weighted by molar-refractivity contribution is 5.58. The van der Waals surface area contributed by atoms with Gasteiger partial charge in [-0.25, -0.2) is 0 Å². The van der Waals surface area contributed by atoms with Crippen molar-refractivity contribution < 1.29 is 9.66 Å². The van der Waals surface area contributed by atoms with Crippen LogP contribution in [0.5, 0.6) is 5.75 Å². The second kappa shape index (κ2) is 8.61. The van der Waals surface area contributed by atoms with Crippen LogP contribution in [0.2, 0.25) is 0 Å². The van der Waals surface area contributed by atoms with Gasteiger partial charge in [-0.1, -0.05) is 26.8 Å². The van der Waals surface area contributed by atoms with Gasteiger partial charge in [0.1, 0.15) is 5.75 Å². The van der Waals surface area contributed by atoms with E-state index in [-0.39, 0.29) is 5.82 Å². The maximum atomic E-state index is 10.6. The third kappa shape index (κ3) is 6.21. The van der Waals surface area contributed by atoms with E-state index in [1.54, 1.807) is 25.3 Å². The van der Waals surface area contributed by atoms with E-state index in [2.05, 4.69) is 31.1 Å². The molecular weight excluding hydrogens is 282 g/mol. The SMILES string of the molecule is CC(C)C.COc1cccc(Nc2cccc([N+](=O)[O-])n2)c1. The largest absolute Gasteiger partial charge is 0.497 e. The number of benzene rings is 1. The first-order chi connectivity index (χ1) is 10.4. The molecule has 0 aliphatic heterocycles. The van der Waals surface area contributed by atoms with Crippen molar-refractivity contribution in [2.24, 2.45) is 5.92 Å². The third-order valence-electron chi connectivity index (χ3n) is 2.26. The Morgan fingerprint density at radius 3 is 2.41 bits per heavy atom. The van der Waals surface area contributed by atoms with Gasteiger partial charge in [0.15, 0.2) is 0 Å². The van der Waals surface area contributed by atoms with Crippen molar-refractivity contribution in [2.45, 2.75) is 20.8 Å². The second-order valence-corrected chi connectivity index (χ2v) is 5.23. The molecule has 1 N–H and O–H groups in total. The zero-order valence-corrected chi connectivity index (χ0v) is 13.2. The molecule has 0 bridgehead atoms. The minimum atomic E-state index is -0.531. The second-order valence-electron chi connectivity index (χ2n) is 5.23. The lowest BCUT2D eigenvalue weighted by molar-refractivity contribution is -0.389. The molecule has 0 atom stereocenters. The molecule has 1 aromatic carbocycles. The molecule has 118 valence electrons. The lowest BCUT2D eigenvalue weighted by atomic mass is 10.3. The van der Waals surface area contributed by atoms with Gasteiger partial charge in [-0.15, -0.1) is 0 Å². The Morgan fingerprint density at radius 2 is 1.82 bits per heavy atom.